The number of nitro groups is 1. The number of nitrogens with one attached hydrogen (secondary N) is 1. The number of non-ortho nitro benzene ring substituents is 1. The van der Waals surface area contributed by atoms with Crippen LogP contribution >= 0.6 is 0 Å². The molecule has 1 N–H and O–H groups in total. The van der Waals surface area contributed by atoms with Crippen LogP contribution in [0.15, 0.2) is 18.2 Å². The SMILES string of the molecule is Cc1ccc([N+](=O)[O-])cc1C(=O)N1CCC[C@H](C)[C@H]1CNC(=O)OC(C)(C)C. The van der Waals surface area contributed by atoms with Gasteiger partial charge in [0, 0.05) is 30.8 Å². The van der Waals surface area contributed by atoms with E-state index in [-0.39, 0.29) is 30.1 Å². The molecule has 1 saturated heterocycles. The first kappa shape index (κ1) is 21.7. The van der Waals surface area contributed by atoms with Crippen molar-refractivity contribution in [2.75, 3.05) is 13.1 Å². The normalized spacial score (nSPS) is 19.8. The van der Waals surface area contributed by atoms with Crippen molar-refractivity contribution in [3.63, 3.8) is 0 Å². The Morgan fingerprint density at radius 1 is 1.36 bits per heavy atom. The number of likely N-dealkylation sites (tertiary alicyclic amines) is 1. The number of carbonyl (C=O) groups excluding carboxylic acids is 2. The van der Waals surface area contributed by atoms with Gasteiger partial charge in [-0.1, -0.05) is 13.0 Å². The van der Waals surface area contributed by atoms with Crippen LogP contribution in [-0.4, -0.2) is 46.6 Å². The van der Waals surface area contributed by atoms with Gasteiger partial charge < -0.3 is 15.0 Å². The van der Waals surface area contributed by atoms with Gasteiger partial charge in [-0.15, -0.1) is 0 Å². The molecule has 0 aromatic heterocycles. The van der Waals surface area contributed by atoms with Crippen LogP contribution in [0, 0.1) is 23.0 Å². The van der Waals surface area contributed by atoms with Gasteiger partial charge in [0.2, 0.25) is 0 Å². The highest BCUT2D eigenvalue weighted by Crippen LogP contribution is 2.27. The molecule has 2 amide bonds. The lowest BCUT2D eigenvalue weighted by atomic mass is 9.89. The summed E-state index contributed by atoms with van der Waals surface area (Å²) < 4.78 is 5.28. The third kappa shape index (κ3) is 5.43. The van der Waals surface area contributed by atoms with Crippen LogP contribution in [0.1, 0.15) is 56.5 Å². The predicted octanol–water partition coefficient (Wildman–Crippen LogP) is 3.67. The van der Waals surface area contributed by atoms with Crippen LogP contribution < -0.4 is 5.32 Å². The summed E-state index contributed by atoms with van der Waals surface area (Å²) in [5.74, 6) is -0.0598. The molecule has 8 nitrogen and oxygen atoms in total. The van der Waals surface area contributed by atoms with E-state index in [2.05, 4.69) is 5.32 Å². The molecule has 1 heterocycles. The molecule has 154 valence electrons. The van der Waals surface area contributed by atoms with E-state index in [1.165, 1.54) is 12.1 Å². The number of benzene rings is 1. The van der Waals surface area contributed by atoms with Crippen molar-refractivity contribution in [2.24, 2.45) is 5.92 Å². The molecule has 0 saturated carbocycles. The molecule has 1 fully saturated rings. The molecule has 0 bridgehead atoms. The van der Waals surface area contributed by atoms with Crippen molar-refractivity contribution in [2.45, 2.75) is 59.1 Å². The number of hydrogen-bond donors (Lipinski definition) is 1. The Labute approximate surface area is 165 Å². The van der Waals surface area contributed by atoms with E-state index < -0.39 is 16.6 Å². The van der Waals surface area contributed by atoms with Crippen LogP contribution in [0.4, 0.5) is 10.5 Å². The van der Waals surface area contributed by atoms with E-state index in [0.717, 1.165) is 12.8 Å². The summed E-state index contributed by atoms with van der Waals surface area (Å²) in [5, 5.41) is 13.8. The summed E-state index contributed by atoms with van der Waals surface area (Å²) >= 11 is 0. The molecule has 8 heteroatoms. The number of piperidine rings is 1. The maximum Gasteiger partial charge on any atom is 0.407 e. The molecule has 1 aromatic rings. The Morgan fingerprint density at radius 2 is 2.04 bits per heavy atom. The summed E-state index contributed by atoms with van der Waals surface area (Å²) in [5.41, 5.74) is 0.304. The number of nitrogens with zero attached hydrogens (tertiary/aromatic N) is 2. The monoisotopic (exact) mass is 391 g/mol. The van der Waals surface area contributed by atoms with Gasteiger partial charge in [0.15, 0.2) is 0 Å². The second kappa shape index (κ2) is 8.58. The van der Waals surface area contributed by atoms with Gasteiger partial charge in [0.1, 0.15) is 5.60 Å². The highest BCUT2D eigenvalue weighted by Gasteiger charge is 2.34. The molecule has 0 spiro atoms. The van der Waals surface area contributed by atoms with E-state index in [0.29, 0.717) is 17.7 Å². The minimum absolute atomic E-state index is 0.109. The number of hydrogen-bond acceptors (Lipinski definition) is 5. The zero-order valence-corrected chi connectivity index (χ0v) is 17.2. The van der Waals surface area contributed by atoms with Crippen LogP contribution in [0.3, 0.4) is 0 Å². The molecule has 28 heavy (non-hydrogen) atoms. The maximum absolute atomic E-state index is 13.2. The molecule has 0 unspecified atom stereocenters. The Bertz CT molecular complexity index is 757. The number of ether oxygens (including phenoxy) is 1. The van der Waals surface area contributed by atoms with Gasteiger partial charge >= 0.3 is 6.09 Å². The molecule has 1 aromatic carbocycles. The smallest absolute Gasteiger partial charge is 0.407 e. The Morgan fingerprint density at radius 3 is 2.64 bits per heavy atom. The number of rotatable bonds is 4. The standard InChI is InChI=1S/C20H29N3O5/c1-13-8-9-15(23(26)27)11-16(13)18(24)22-10-6-7-14(2)17(22)12-21-19(25)28-20(3,4)5/h8-9,11,14,17H,6-7,10,12H2,1-5H3,(H,21,25)/t14-,17+/m0/s1. The Kier molecular flexibility index (Phi) is 6.64. The van der Waals surface area contributed by atoms with E-state index in [9.17, 15) is 19.7 Å². The van der Waals surface area contributed by atoms with Gasteiger partial charge in [-0.25, -0.2) is 4.79 Å². The van der Waals surface area contributed by atoms with Gasteiger partial charge in [-0.2, -0.15) is 0 Å². The first-order valence-corrected chi connectivity index (χ1v) is 9.52. The molecule has 2 atom stereocenters. The van der Waals surface area contributed by atoms with Gasteiger partial charge in [0.25, 0.3) is 11.6 Å². The summed E-state index contributed by atoms with van der Waals surface area (Å²) in [6, 6.07) is 4.11. The van der Waals surface area contributed by atoms with Crippen LogP contribution in [-0.2, 0) is 4.74 Å². The largest absolute Gasteiger partial charge is 0.444 e. The number of alkyl carbamates (subject to hydrolysis) is 1. The predicted molar refractivity (Wildman–Crippen MR) is 105 cm³/mol. The van der Waals surface area contributed by atoms with Crippen molar-refractivity contribution in [3.05, 3.63) is 39.4 Å². The zero-order chi connectivity index (χ0) is 21.1. The van der Waals surface area contributed by atoms with E-state index in [1.807, 2.05) is 6.92 Å². The fourth-order valence-electron chi connectivity index (χ4n) is 3.42. The molecule has 0 aliphatic carbocycles. The number of carbonyl (C=O) groups is 2. The molecular formula is C20H29N3O5. The Balaban J connectivity index is 2.19. The van der Waals surface area contributed by atoms with Crippen molar-refractivity contribution < 1.29 is 19.2 Å². The first-order valence-electron chi connectivity index (χ1n) is 9.52. The first-order chi connectivity index (χ1) is 13.0. The quantitative estimate of drug-likeness (QED) is 0.623. The van der Waals surface area contributed by atoms with Crippen LogP contribution in [0.5, 0.6) is 0 Å². The van der Waals surface area contributed by atoms with E-state index in [4.69, 9.17) is 4.74 Å². The summed E-state index contributed by atoms with van der Waals surface area (Å²) in [7, 11) is 0. The maximum atomic E-state index is 13.2. The van der Waals surface area contributed by atoms with Crippen molar-refractivity contribution >= 4 is 17.7 Å². The highest BCUT2D eigenvalue weighted by atomic mass is 16.6. The van der Waals surface area contributed by atoms with Crippen LogP contribution in [0.2, 0.25) is 0 Å². The average Bonchev–Trinajstić information content (AvgIpc) is 2.58. The third-order valence-corrected chi connectivity index (χ3v) is 4.89. The topological polar surface area (TPSA) is 102 Å². The number of aryl methyl sites for hydroxylation is 1. The van der Waals surface area contributed by atoms with E-state index in [1.54, 1.807) is 38.7 Å². The number of amides is 2. The fraction of sp³-hybridized carbons (Fsp3) is 0.600. The van der Waals surface area contributed by atoms with Crippen molar-refractivity contribution in [3.8, 4) is 0 Å². The summed E-state index contributed by atoms with van der Waals surface area (Å²) in [6.45, 7) is 9.99. The van der Waals surface area contributed by atoms with Gasteiger partial charge in [-0.3, -0.25) is 14.9 Å². The fourth-order valence-corrected chi connectivity index (χ4v) is 3.42. The van der Waals surface area contributed by atoms with Gasteiger partial charge in [-0.05, 0) is 52.0 Å². The second-order valence-corrected chi connectivity index (χ2v) is 8.32. The summed E-state index contributed by atoms with van der Waals surface area (Å²) in [6.07, 6.45) is 1.27. The van der Waals surface area contributed by atoms with Crippen molar-refractivity contribution in [1.82, 2.24) is 10.2 Å². The lowest BCUT2D eigenvalue weighted by Gasteiger charge is -2.40. The highest BCUT2D eigenvalue weighted by molar-refractivity contribution is 5.96. The number of nitro benzene ring substituents is 1. The molecular weight excluding hydrogens is 362 g/mol. The third-order valence-electron chi connectivity index (χ3n) is 4.89. The molecule has 0 radical (unpaired) electrons. The van der Waals surface area contributed by atoms with Crippen molar-refractivity contribution in [1.29, 1.82) is 0 Å². The summed E-state index contributed by atoms with van der Waals surface area (Å²) in [4.78, 5) is 37.5. The minimum Gasteiger partial charge on any atom is -0.444 e. The zero-order valence-electron chi connectivity index (χ0n) is 17.2. The molecule has 2 rings (SSSR count). The lowest BCUT2D eigenvalue weighted by Crippen LogP contribution is -2.53. The van der Waals surface area contributed by atoms with Crippen LogP contribution in [0.25, 0.3) is 0 Å². The average molecular weight is 391 g/mol. The second-order valence-electron chi connectivity index (χ2n) is 8.32. The molecule has 1 aliphatic rings. The Hall–Kier alpha value is -2.64. The van der Waals surface area contributed by atoms with E-state index >= 15 is 0 Å². The minimum atomic E-state index is -0.599. The van der Waals surface area contributed by atoms with Gasteiger partial charge in [0.05, 0.1) is 11.0 Å². The molecule has 1 aliphatic heterocycles. The lowest BCUT2D eigenvalue weighted by molar-refractivity contribution is -0.384.